The number of nitrogens with zero attached hydrogens (tertiary/aromatic N) is 2. The van der Waals surface area contributed by atoms with Crippen molar-refractivity contribution in [1.29, 1.82) is 0 Å². The molecular weight excluding hydrogens is 350 g/mol. The first-order valence-corrected chi connectivity index (χ1v) is 9.00. The van der Waals surface area contributed by atoms with Gasteiger partial charge in [-0.25, -0.2) is 4.98 Å². The van der Waals surface area contributed by atoms with Gasteiger partial charge in [-0.2, -0.15) is 0 Å². The zero-order valence-corrected chi connectivity index (χ0v) is 15.1. The van der Waals surface area contributed by atoms with Gasteiger partial charge in [0.05, 0.1) is 16.9 Å². The monoisotopic (exact) mass is 367 g/mol. The van der Waals surface area contributed by atoms with Gasteiger partial charge in [0.2, 0.25) is 0 Å². The van der Waals surface area contributed by atoms with Crippen LogP contribution in [0, 0.1) is 0 Å². The molecule has 0 bridgehead atoms. The summed E-state index contributed by atoms with van der Waals surface area (Å²) in [6, 6.07) is 12.3. The van der Waals surface area contributed by atoms with E-state index in [1.165, 1.54) is 0 Å². The van der Waals surface area contributed by atoms with Crippen LogP contribution in [0.4, 0.5) is 0 Å². The Morgan fingerprint density at radius 1 is 1.27 bits per heavy atom. The third-order valence-corrected chi connectivity index (χ3v) is 5.01. The highest BCUT2D eigenvalue weighted by Gasteiger charge is 2.18. The smallest absolute Gasteiger partial charge is 0.261 e. The Labute approximate surface area is 155 Å². The van der Waals surface area contributed by atoms with Crippen LogP contribution in [0.1, 0.15) is 41.1 Å². The lowest BCUT2D eigenvalue weighted by atomic mass is 10.1. The van der Waals surface area contributed by atoms with Crippen LogP contribution in [0.5, 0.6) is 0 Å². The number of rotatable bonds is 3. The highest BCUT2D eigenvalue weighted by molar-refractivity contribution is 6.30. The van der Waals surface area contributed by atoms with Crippen LogP contribution in [0.2, 0.25) is 5.02 Å². The van der Waals surface area contributed by atoms with Crippen LogP contribution in [-0.2, 0) is 13.0 Å². The van der Waals surface area contributed by atoms with Crippen LogP contribution >= 0.6 is 11.6 Å². The van der Waals surface area contributed by atoms with Crippen molar-refractivity contribution >= 4 is 28.4 Å². The second kappa shape index (κ2) is 6.57. The lowest BCUT2D eigenvalue weighted by molar-refractivity contribution is 0.0940. The molecule has 5 nitrogen and oxygen atoms in total. The number of carbonyl (C=O) groups is 1. The average molecular weight is 368 g/mol. The van der Waals surface area contributed by atoms with Gasteiger partial charge in [0.15, 0.2) is 0 Å². The van der Waals surface area contributed by atoms with Crippen molar-refractivity contribution in [3.63, 3.8) is 0 Å². The maximum Gasteiger partial charge on any atom is 0.261 e. The maximum atomic E-state index is 12.6. The van der Waals surface area contributed by atoms with Gasteiger partial charge in [-0.05, 0) is 49.2 Å². The number of halogens is 1. The molecular formula is C20H18ClN3O2. The summed E-state index contributed by atoms with van der Waals surface area (Å²) in [4.78, 5) is 29.7. The molecule has 0 radical (unpaired) electrons. The molecule has 2 heterocycles. The third kappa shape index (κ3) is 2.99. The Bertz CT molecular complexity index is 1070. The Hall–Kier alpha value is -2.66. The SMILES string of the molecule is C[C@@H](NC(=O)c1ccc2c(=O)n3c(nc2c1)CCC3)c1cccc(Cl)c1. The van der Waals surface area contributed by atoms with Gasteiger partial charge >= 0.3 is 0 Å². The highest BCUT2D eigenvalue weighted by atomic mass is 35.5. The molecule has 1 aliphatic rings. The first-order valence-electron chi connectivity index (χ1n) is 8.63. The Morgan fingerprint density at radius 3 is 2.92 bits per heavy atom. The molecule has 0 spiro atoms. The summed E-state index contributed by atoms with van der Waals surface area (Å²) in [6.07, 6.45) is 1.73. The summed E-state index contributed by atoms with van der Waals surface area (Å²) < 4.78 is 1.73. The summed E-state index contributed by atoms with van der Waals surface area (Å²) >= 11 is 6.02. The van der Waals surface area contributed by atoms with Crippen LogP contribution in [0.3, 0.4) is 0 Å². The van der Waals surface area contributed by atoms with Crippen molar-refractivity contribution in [2.45, 2.75) is 32.4 Å². The molecule has 1 aliphatic heterocycles. The van der Waals surface area contributed by atoms with Crippen molar-refractivity contribution in [1.82, 2.24) is 14.9 Å². The van der Waals surface area contributed by atoms with E-state index in [4.69, 9.17) is 11.6 Å². The van der Waals surface area contributed by atoms with Gasteiger partial charge in [-0.15, -0.1) is 0 Å². The van der Waals surface area contributed by atoms with Crippen LogP contribution in [0.15, 0.2) is 47.3 Å². The minimum atomic E-state index is -0.207. The summed E-state index contributed by atoms with van der Waals surface area (Å²) in [5.41, 5.74) is 1.97. The molecule has 1 aromatic heterocycles. The topological polar surface area (TPSA) is 64.0 Å². The lowest BCUT2D eigenvalue weighted by Crippen LogP contribution is -2.27. The molecule has 0 saturated heterocycles. The van der Waals surface area contributed by atoms with Gasteiger partial charge < -0.3 is 5.32 Å². The predicted octanol–water partition coefficient (Wildman–Crippen LogP) is 3.49. The fraction of sp³-hybridized carbons (Fsp3) is 0.250. The summed E-state index contributed by atoms with van der Waals surface area (Å²) in [5, 5.41) is 4.15. The van der Waals surface area contributed by atoms with E-state index in [0.717, 1.165) is 30.8 Å². The number of hydrogen-bond acceptors (Lipinski definition) is 3. The van der Waals surface area contributed by atoms with Crippen molar-refractivity contribution in [2.24, 2.45) is 0 Å². The molecule has 4 rings (SSSR count). The van der Waals surface area contributed by atoms with Gasteiger partial charge in [0.25, 0.3) is 11.5 Å². The highest BCUT2D eigenvalue weighted by Crippen LogP contribution is 2.19. The molecule has 26 heavy (non-hydrogen) atoms. The minimum Gasteiger partial charge on any atom is -0.346 e. The Morgan fingerprint density at radius 2 is 2.12 bits per heavy atom. The van der Waals surface area contributed by atoms with Crippen molar-refractivity contribution in [2.75, 3.05) is 0 Å². The molecule has 1 N–H and O–H groups in total. The molecule has 1 atom stereocenters. The molecule has 0 aliphatic carbocycles. The van der Waals surface area contributed by atoms with E-state index < -0.39 is 0 Å². The molecule has 132 valence electrons. The van der Waals surface area contributed by atoms with Crippen LogP contribution < -0.4 is 10.9 Å². The molecule has 6 heteroatoms. The van der Waals surface area contributed by atoms with E-state index in [1.807, 2.05) is 25.1 Å². The minimum absolute atomic E-state index is 0.0262. The van der Waals surface area contributed by atoms with Crippen LogP contribution in [0.25, 0.3) is 10.9 Å². The second-order valence-electron chi connectivity index (χ2n) is 6.57. The quantitative estimate of drug-likeness (QED) is 0.770. The number of nitrogens with one attached hydrogen (secondary N) is 1. The van der Waals surface area contributed by atoms with E-state index in [-0.39, 0.29) is 17.5 Å². The second-order valence-corrected chi connectivity index (χ2v) is 7.01. The number of aryl methyl sites for hydroxylation is 1. The largest absolute Gasteiger partial charge is 0.346 e. The molecule has 2 aromatic carbocycles. The number of amides is 1. The standard InChI is InChI=1S/C20H18ClN3O2/c1-12(13-4-2-5-15(21)10-13)22-19(25)14-7-8-16-17(11-14)23-18-6-3-9-24(18)20(16)26/h2,4-5,7-8,10-12H,3,6,9H2,1H3,(H,22,25)/t12-/m1/s1. The third-order valence-electron chi connectivity index (χ3n) is 4.77. The number of benzene rings is 2. The normalized spacial score (nSPS) is 14.2. The first-order chi connectivity index (χ1) is 12.5. The summed E-state index contributed by atoms with van der Waals surface area (Å²) in [5.74, 6) is 0.592. The zero-order valence-electron chi connectivity index (χ0n) is 14.3. The lowest BCUT2D eigenvalue weighted by Gasteiger charge is -2.15. The van der Waals surface area contributed by atoms with Crippen molar-refractivity contribution < 1.29 is 4.79 Å². The predicted molar refractivity (Wildman–Crippen MR) is 102 cm³/mol. The van der Waals surface area contributed by atoms with Gasteiger partial charge in [0, 0.05) is 23.6 Å². The van der Waals surface area contributed by atoms with E-state index in [2.05, 4.69) is 10.3 Å². The summed E-state index contributed by atoms with van der Waals surface area (Å²) in [6.45, 7) is 2.62. The summed E-state index contributed by atoms with van der Waals surface area (Å²) in [7, 11) is 0. The van der Waals surface area contributed by atoms with Crippen molar-refractivity contribution in [3.8, 4) is 0 Å². The number of fused-ring (bicyclic) bond motifs is 2. The molecule has 3 aromatic rings. The molecule has 0 fully saturated rings. The van der Waals surface area contributed by atoms with Crippen molar-refractivity contribution in [3.05, 3.63) is 74.8 Å². The Balaban J connectivity index is 1.63. The van der Waals surface area contributed by atoms with E-state index >= 15 is 0 Å². The fourth-order valence-corrected chi connectivity index (χ4v) is 3.56. The number of aromatic nitrogens is 2. The van der Waals surface area contributed by atoms with Crippen LogP contribution in [-0.4, -0.2) is 15.5 Å². The maximum absolute atomic E-state index is 12.6. The zero-order chi connectivity index (χ0) is 18.3. The van der Waals surface area contributed by atoms with E-state index in [9.17, 15) is 9.59 Å². The number of carbonyl (C=O) groups excluding carboxylic acids is 1. The molecule has 1 amide bonds. The van der Waals surface area contributed by atoms with E-state index in [0.29, 0.717) is 21.5 Å². The molecule has 0 saturated carbocycles. The number of hydrogen-bond donors (Lipinski definition) is 1. The first kappa shape index (κ1) is 16.8. The fourth-order valence-electron chi connectivity index (χ4n) is 3.36. The Kier molecular flexibility index (Phi) is 4.24. The molecule has 0 unspecified atom stereocenters. The average Bonchev–Trinajstić information content (AvgIpc) is 3.10. The van der Waals surface area contributed by atoms with E-state index in [1.54, 1.807) is 28.8 Å². The van der Waals surface area contributed by atoms with Gasteiger partial charge in [0.1, 0.15) is 5.82 Å². The van der Waals surface area contributed by atoms with Gasteiger partial charge in [-0.3, -0.25) is 14.2 Å². The van der Waals surface area contributed by atoms with Gasteiger partial charge in [-0.1, -0.05) is 23.7 Å².